The SMILES string of the molecule is COCC1CN(CC2CCCC(CN3CC(COC4CCC(C(C)(C)C5CCC(C)CC5)CC4)OC3=O)C2)C(=O)O1. The largest absolute Gasteiger partial charge is 0.442 e. The highest BCUT2D eigenvalue weighted by Gasteiger charge is 2.41. The number of rotatable bonds is 11. The minimum Gasteiger partial charge on any atom is -0.442 e. The van der Waals surface area contributed by atoms with Crippen LogP contribution in [-0.4, -0.2) is 86.8 Å². The maximum atomic E-state index is 12.7. The fourth-order valence-electron chi connectivity index (χ4n) is 8.72. The van der Waals surface area contributed by atoms with Crippen LogP contribution in [0.5, 0.6) is 0 Å². The van der Waals surface area contributed by atoms with Crippen LogP contribution in [0.3, 0.4) is 0 Å². The first kappa shape index (κ1) is 30.9. The van der Waals surface area contributed by atoms with E-state index in [-0.39, 0.29) is 24.4 Å². The van der Waals surface area contributed by atoms with Gasteiger partial charge in [-0.05, 0) is 92.8 Å². The van der Waals surface area contributed by atoms with E-state index in [1.54, 1.807) is 7.11 Å². The number of cyclic esters (lactones) is 2. The summed E-state index contributed by atoms with van der Waals surface area (Å²) in [5.41, 5.74) is 0.426. The Labute approximate surface area is 248 Å². The number of methoxy groups -OCH3 is 1. The Balaban J connectivity index is 1.00. The summed E-state index contributed by atoms with van der Waals surface area (Å²) in [6, 6.07) is 0. The van der Waals surface area contributed by atoms with E-state index >= 15 is 0 Å². The van der Waals surface area contributed by atoms with E-state index in [0.717, 1.165) is 69.4 Å². The molecule has 5 rings (SSSR count). The quantitative estimate of drug-likeness (QED) is 0.279. The first-order valence-electron chi connectivity index (χ1n) is 16.7. The van der Waals surface area contributed by atoms with Crippen molar-refractivity contribution in [1.82, 2.24) is 9.80 Å². The van der Waals surface area contributed by atoms with E-state index in [9.17, 15) is 9.59 Å². The van der Waals surface area contributed by atoms with E-state index in [1.165, 1.54) is 38.5 Å². The van der Waals surface area contributed by atoms with Gasteiger partial charge in [-0.25, -0.2) is 9.59 Å². The van der Waals surface area contributed by atoms with E-state index in [4.69, 9.17) is 18.9 Å². The van der Waals surface area contributed by atoms with Crippen molar-refractivity contribution in [2.24, 2.45) is 35.0 Å². The summed E-state index contributed by atoms with van der Waals surface area (Å²) >= 11 is 0. The van der Waals surface area contributed by atoms with Crippen LogP contribution in [0.4, 0.5) is 9.59 Å². The molecule has 8 nitrogen and oxygen atoms in total. The molecule has 0 bridgehead atoms. The summed E-state index contributed by atoms with van der Waals surface area (Å²) in [5.74, 6) is 3.46. The molecule has 0 radical (unpaired) electrons. The Kier molecular flexibility index (Phi) is 10.4. The van der Waals surface area contributed by atoms with E-state index in [2.05, 4.69) is 20.8 Å². The first-order chi connectivity index (χ1) is 19.7. The lowest BCUT2D eigenvalue weighted by atomic mass is 9.60. The summed E-state index contributed by atoms with van der Waals surface area (Å²) < 4.78 is 22.6. The molecule has 5 fully saturated rings. The van der Waals surface area contributed by atoms with Crippen molar-refractivity contribution in [2.45, 2.75) is 116 Å². The van der Waals surface area contributed by atoms with Crippen molar-refractivity contribution < 1.29 is 28.5 Å². The minimum atomic E-state index is -0.226. The molecule has 0 aromatic heterocycles. The van der Waals surface area contributed by atoms with Crippen LogP contribution >= 0.6 is 0 Å². The Bertz CT molecular complexity index is 866. The van der Waals surface area contributed by atoms with E-state index in [1.807, 2.05) is 9.80 Å². The van der Waals surface area contributed by atoms with Gasteiger partial charge in [0.15, 0.2) is 0 Å². The first-order valence-corrected chi connectivity index (χ1v) is 16.7. The number of carbonyl (C=O) groups is 2. The Morgan fingerprint density at radius 3 is 1.80 bits per heavy atom. The average molecular weight is 577 g/mol. The summed E-state index contributed by atoms with van der Waals surface area (Å²) in [4.78, 5) is 28.7. The molecule has 3 aliphatic carbocycles. The van der Waals surface area contributed by atoms with Gasteiger partial charge in [-0.1, -0.05) is 40.0 Å². The maximum Gasteiger partial charge on any atom is 0.410 e. The third-order valence-corrected chi connectivity index (χ3v) is 11.4. The van der Waals surface area contributed by atoms with Crippen LogP contribution in [0.25, 0.3) is 0 Å². The molecule has 41 heavy (non-hydrogen) atoms. The normalized spacial score (nSPS) is 36.9. The number of hydrogen-bond donors (Lipinski definition) is 0. The Morgan fingerprint density at radius 2 is 1.27 bits per heavy atom. The number of nitrogens with zero attached hydrogens (tertiary/aromatic N) is 2. The van der Waals surface area contributed by atoms with Crippen molar-refractivity contribution in [2.75, 3.05) is 46.5 Å². The van der Waals surface area contributed by atoms with E-state index in [0.29, 0.717) is 49.7 Å². The lowest BCUT2D eigenvalue weighted by molar-refractivity contribution is -0.0409. The summed E-state index contributed by atoms with van der Waals surface area (Å²) in [5, 5.41) is 0. The van der Waals surface area contributed by atoms with Gasteiger partial charge in [0.25, 0.3) is 0 Å². The molecule has 4 atom stereocenters. The molecule has 4 unspecified atom stereocenters. The van der Waals surface area contributed by atoms with Gasteiger partial charge in [0.1, 0.15) is 12.2 Å². The monoisotopic (exact) mass is 576 g/mol. The molecule has 0 N–H and O–H groups in total. The number of carbonyl (C=O) groups excluding carboxylic acids is 2. The van der Waals surface area contributed by atoms with Crippen LogP contribution in [0.2, 0.25) is 0 Å². The van der Waals surface area contributed by atoms with Gasteiger partial charge in [-0.3, -0.25) is 0 Å². The fraction of sp³-hybridized carbons (Fsp3) is 0.939. The summed E-state index contributed by atoms with van der Waals surface area (Å²) in [6.45, 7) is 11.1. The lowest BCUT2D eigenvalue weighted by Crippen LogP contribution is -2.38. The standard InChI is InChI=1S/C33H56N2O6/c1-23-8-10-26(11-9-23)33(2,3)27-12-14-28(15-13-27)39-22-30-20-35(32(37)41-30)18-25-7-5-6-24(16-25)17-34-19-29(21-38-4)40-31(34)36/h23-30H,5-22H2,1-4H3. The van der Waals surface area contributed by atoms with Gasteiger partial charge in [0.05, 0.1) is 32.4 Å². The third-order valence-electron chi connectivity index (χ3n) is 11.4. The van der Waals surface area contributed by atoms with E-state index < -0.39 is 0 Å². The van der Waals surface area contributed by atoms with Crippen molar-refractivity contribution in [1.29, 1.82) is 0 Å². The second kappa shape index (κ2) is 13.8. The zero-order chi connectivity index (χ0) is 29.0. The maximum absolute atomic E-state index is 12.7. The highest BCUT2D eigenvalue weighted by atomic mass is 16.6. The summed E-state index contributed by atoms with van der Waals surface area (Å²) in [7, 11) is 1.63. The highest BCUT2D eigenvalue weighted by molar-refractivity contribution is 5.70. The van der Waals surface area contributed by atoms with Gasteiger partial charge in [-0.15, -0.1) is 0 Å². The topological polar surface area (TPSA) is 77.5 Å². The molecule has 5 aliphatic rings. The zero-order valence-electron chi connectivity index (χ0n) is 26.2. The highest BCUT2D eigenvalue weighted by Crippen LogP contribution is 2.49. The Morgan fingerprint density at radius 1 is 0.756 bits per heavy atom. The molecule has 8 heteroatoms. The van der Waals surface area contributed by atoms with Gasteiger partial charge in [-0.2, -0.15) is 0 Å². The zero-order valence-corrected chi connectivity index (χ0v) is 26.2. The van der Waals surface area contributed by atoms with Crippen molar-refractivity contribution >= 4 is 12.2 Å². The van der Waals surface area contributed by atoms with Crippen LogP contribution < -0.4 is 0 Å². The number of hydrogen-bond acceptors (Lipinski definition) is 6. The molecule has 0 spiro atoms. The summed E-state index contributed by atoms with van der Waals surface area (Å²) in [6.07, 6.45) is 14.3. The second-order valence-electron chi connectivity index (χ2n) is 14.8. The van der Waals surface area contributed by atoms with Crippen molar-refractivity contribution in [3.63, 3.8) is 0 Å². The molecule has 234 valence electrons. The van der Waals surface area contributed by atoms with Gasteiger partial charge < -0.3 is 28.7 Å². The molecule has 2 amide bonds. The van der Waals surface area contributed by atoms with Gasteiger partial charge >= 0.3 is 12.2 Å². The number of amides is 2. The Hall–Kier alpha value is -1.54. The fourth-order valence-corrected chi connectivity index (χ4v) is 8.72. The number of ether oxygens (including phenoxy) is 4. The predicted octanol–water partition coefficient (Wildman–Crippen LogP) is 6.51. The minimum absolute atomic E-state index is 0.169. The second-order valence-corrected chi connectivity index (χ2v) is 14.8. The lowest BCUT2D eigenvalue weighted by Gasteiger charge is -2.46. The predicted molar refractivity (Wildman–Crippen MR) is 158 cm³/mol. The molecule has 2 aliphatic heterocycles. The van der Waals surface area contributed by atoms with Crippen LogP contribution in [0.15, 0.2) is 0 Å². The smallest absolute Gasteiger partial charge is 0.410 e. The molecule has 0 aromatic carbocycles. The van der Waals surface area contributed by atoms with Crippen LogP contribution in [0.1, 0.15) is 97.8 Å². The van der Waals surface area contributed by atoms with Crippen LogP contribution in [0, 0.1) is 35.0 Å². The molecular weight excluding hydrogens is 520 g/mol. The average Bonchev–Trinajstić information content (AvgIpc) is 3.48. The van der Waals surface area contributed by atoms with Gasteiger partial charge in [0, 0.05) is 20.2 Å². The third kappa shape index (κ3) is 7.90. The molecule has 2 heterocycles. The molecule has 0 aromatic rings. The van der Waals surface area contributed by atoms with Crippen molar-refractivity contribution in [3.8, 4) is 0 Å². The molecular formula is C33H56N2O6. The molecule has 3 saturated carbocycles. The molecule has 2 saturated heterocycles. The van der Waals surface area contributed by atoms with Gasteiger partial charge in [0.2, 0.25) is 0 Å². The van der Waals surface area contributed by atoms with Crippen molar-refractivity contribution in [3.05, 3.63) is 0 Å². The van der Waals surface area contributed by atoms with Crippen LogP contribution in [-0.2, 0) is 18.9 Å².